The van der Waals surface area contributed by atoms with Gasteiger partial charge < -0.3 is 25.2 Å². The summed E-state index contributed by atoms with van der Waals surface area (Å²) in [6.45, 7) is 6.59. The Morgan fingerprint density at radius 1 is 1.14 bits per heavy atom. The average Bonchev–Trinajstić information content (AvgIpc) is 3.30. The zero-order valence-corrected chi connectivity index (χ0v) is 24.7. The largest absolute Gasteiger partial charge is 0.372 e. The molecule has 3 aliphatic rings. The third-order valence-corrected chi connectivity index (χ3v) is 8.46. The van der Waals surface area contributed by atoms with Crippen molar-refractivity contribution < 1.29 is 13.9 Å². The molecule has 10 nitrogen and oxygen atoms in total. The minimum Gasteiger partial charge on any atom is -0.372 e. The van der Waals surface area contributed by atoms with Crippen LogP contribution in [0.4, 0.5) is 20.8 Å². The SMILES string of the molecule is CC(C)OC1CN(C(=O)NC2CCCCc3cc(-c4ccnc(Nc5cnn(C6CCN(C)CC6F)c5)n4)ccc32)C1. The van der Waals surface area contributed by atoms with Crippen LogP contribution in [0.25, 0.3) is 11.3 Å². The maximum atomic E-state index is 14.6. The number of rotatable bonds is 7. The van der Waals surface area contributed by atoms with Gasteiger partial charge >= 0.3 is 6.03 Å². The summed E-state index contributed by atoms with van der Waals surface area (Å²) in [4.78, 5) is 26.0. The molecule has 11 heteroatoms. The topological polar surface area (TPSA) is 100 Å². The van der Waals surface area contributed by atoms with Crippen LogP contribution in [0.1, 0.15) is 62.7 Å². The molecule has 2 N–H and O–H groups in total. The van der Waals surface area contributed by atoms with Crippen LogP contribution in [0.2, 0.25) is 0 Å². The number of nitrogens with one attached hydrogen (secondary N) is 2. The number of amides is 2. The summed E-state index contributed by atoms with van der Waals surface area (Å²) in [5.41, 5.74) is 4.96. The molecule has 4 heterocycles. The van der Waals surface area contributed by atoms with Gasteiger partial charge in [0.05, 0.1) is 55.0 Å². The summed E-state index contributed by atoms with van der Waals surface area (Å²) >= 11 is 0. The Bertz CT molecular complexity index is 1390. The van der Waals surface area contributed by atoms with Crippen molar-refractivity contribution in [2.24, 2.45) is 0 Å². The number of hydrogen-bond acceptors (Lipinski definition) is 7. The van der Waals surface area contributed by atoms with Gasteiger partial charge in [0.25, 0.3) is 0 Å². The second kappa shape index (κ2) is 12.3. The van der Waals surface area contributed by atoms with Crippen molar-refractivity contribution in [3.05, 3.63) is 54.0 Å². The number of halogens is 1. The Hall–Kier alpha value is -3.57. The fraction of sp³-hybridized carbons (Fsp3) is 0.548. The second-order valence-electron chi connectivity index (χ2n) is 12.1. The van der Waals surface area contributed by atoms with Gasteiger partial charge in [0.15, 0.2) is 0 Å². The minimum atomic E-state index is -0.954. The number of fused-ring (bicyclic) bond motifs is 1. The van der Waals surface area contributed by atoms with Crippen molar-refractivity contribution in [2.75, 3.05) is 38.5 Å². The molecule has 2 saturated heterocycles. The maximum Gasteiger partial charge on any atom is 0.318 e. The molecular weight excluding hydrogens is 535 g/mol. The smallest absolute Gasteiger partial charge is 0.318 e. The van der Waals surface area contributed by atoms with E-state index in [1.165, 1.54) is 11.1 Å². The molecule has 6 rings (SSSR count). The highest BCUT2D eigenvalue weighted by atomic mass is 19.1. The molecular formula is C31H41FN8O2. The number of benzene rings is 1. The number of aromatic nitrogens is 4. The maximum absolute atomic E-state index is 14.6. The number of likely N-dealkylation sites (tertiary alicyclic amines) is 2. The van der Waals surface area contributed by atoms with E-state index in [1.54, 1.807) is 17.1 Å². The molecule has 3 atom stereocenters. The summed E-state index contributed by atoms with van der Waals surface area (Å²) in [6.07, 6.45) is 9.35. The number of ether oxygens (including phenoxy) is 1. The van der Waals surface area contributed by atoms with Gasteiger partial charge in [-0.3, -0.25) is 4.68 Å². The van der Waals surface area contributed by atoms with Crippen LogP contribution in [-0.2, 0) is 11.2 Å². The van der Waals surface area contributed by atoms with E-state index in [1.807, 2.05) is 43.0 Å². The van der Waals surface area contributed by atoms with E-state index in [0.29, 0.717) is 25.6 Å². The molecule has 42 heavy (non-hydrogen) atoms. The number of urea groups is 1. The van der Waals surface area contributed by atoms with Gasteiger partial charge in [-0.2, -0.15) is 5.10 Å². The monoisotopic (exact) mass is 576 g/mol. The predicted octanol–water partition coefficient (Wildman–Crippen LogP) is 4.88. The lowest BCUT2D eigenvalue weighted by molar-refractivity contribution is -0.0644. The number of carbonyl (C=O) groups excluding carboxylic acids is 1. The van der Waals surface area contributed by atoms with Gasteiger partial charge in [0.1, 0.15) is 6.17 Å². The van der Waals surface area contributed by atoms with Crippen molar-refractivity contribution >= 4 is 17.7 Å². The van der Waals surface area contributed by atoms with E-state index in [2.05, 4.69) is 38.9 Å². The van der Waals surface area contributed by atoms with Crippen molar-refractivity contribution in [1.82, 2.24) is 34.9 Å². The normalized spacial score (nSPS) is 23.3. The van der Waals surface area contributed by atoms with Gasteiger partial charge in [0.2, 0.25) is 5.95 Å². The zero-order valence-electron chi connectivity index (χ0n) is 24.7. The molecule has 0 bridgehead atoms. The van der Waals surface area contributed by atoms with Crippen molar-refractivity contribution in [3.8, 4) is 11.3 Å². The molecule has 224 valence electrons. The molecule has 2 aliphatic heterocycles. The number of alkyl halides is 1. The molecule has 0 saturated carbocycles. The Morgan fingerprint density at radius 2 is 2.00 bits per heavy atom. The molecule has 1 aliphatic carbocycles. The first-order valence-corrected chi connectivity index (χ1v) is 15.1. The standard InChI is InChI=1S/C31H41FN8O2/c1-20(2)42-24-17-39(18-24)31(41)37-28-7-5-4-6-21-14-22(8-9-25(21)28)27-10-12-33-30(36-27)35-23-15-34-40(16-23)29-11-13-38(3)19-26(29)32/h8-10,12,14-16,20,24,26,28-29H,4-7,11,13,17-19H2,1-3H3,(H,37,41)(H,33,35,36). The first-order valence-electron chi connectivity index (χ1n) is 15.1. The van der Waals surface area contributed by atoms with E-state index in [0.717, 1.165) is 55.6 Å². The molecule has 2 amide bonds. The molecule has 2 fully saturated rings. The Morgan fingerprint density at radius 3 is 2.81 bits per heavy atom. The first-order chi connectivity index (χ1) is 20.3. The molecule has 3 aromatic rings. The van der Waals surface area contributed by atoms with Gasteiger partial charge in [0, 0.05) is 31.0 Å². The average molecular weight is 577 g/mol. The molecule has 0 radical (unpaired) electrons. The van der Waals surface area contributed by atoms with Gasteiger partial charge in [-0.25, -0.2) is 19.2 Å². The first kappa shape index (κ1) is 28.5. The molecule has 2 aromatic heterocycles. The summed E-state index contributed by atoms with van der Waals surface area (Å²) in [7, 11) is 1.94. The number of hydrogen-bond donors (Lipinski definition) is 2. The van der Waals surface area contributed by atoms with Crippen LogP contribution in [0, 0.1) is 0 Å². The fourth-order valence-electron chi connectivity index (χ4n) is 6.24. The lowest BCUT2D eigenvalue weighted by Gasteiger charge is -2.40. The lowest BCUT2D eigenvalue weighted by Crippen LogP contribution is -2.58. The number of nitrogens with zero attached hydrogens (tertiary/aromatic N) is 6. The van der Waals surface area contributed by atoms with Gasteiger partial charge in [-0.15, -0.1) is 0 Å². The van der Waals surface area contributed by atoms with Crippen molar-refractivity contribution in [1.29, 1.82) is 0 Å². The Kier molecular flexibility index (Phi) is 8.39. The van der Waals surface area contributed by atoms with Crippen LogP contribution < -0.4 is 10.6 Å². The number of aryl methyl sites for hydroxylation is 1. The molecule has 1 aromatic carbocycles. The van der Waals surface area contributed by atoms with Crippen LogP contribution in [0.15, 0.2) is 42.9 Å². The van der Waals surface area contributed by atoms with E-state index in [9.17, 15) is 9.18 Å². The highest BCUT2D eigenvalue weighted by molar-refractivity contribution is 5.76. The summed E-state index contributed by atoms with van der Waals surface area (Å²) in [6, 6.07) is 8.01. The third-order valence-electron chi connectivity index (χ3n) is 8.46. The summed E-state index contributed by atoms with van der Waals surface area (Å²) < 4.78 is 22.1. The summed E-state index contributed by atoms with van der Waals surface area (Å²) in [5.74, 6) is 0.460. The zero-order chi connectivity index (χ0) is 29.2. The fourth-order valence-corrected chi connectivity index (χ4v) is 6.24. The quantitative estimate of drug-likeness (QED) is 0.387. The molecule has 3 unspecified atom stereocenters. The highest BCUT2D eigenvalue weighted by Gasteiger charge is 2.33. The Balaban J connectivity index is 1.12. The van der Waals surface area contributed by atoms with E-state index in [4.69, 9.17) is 9.72 Å². The lowest BCUT2D eigenvalue weighted by atomic mass is 9.95. The van der Waals surface area contributed by atoms with Gasteiger partial charge in [-0.05, 0) is 69.8 Å². The second-order valence-corrected chi connectivity index (χ2v) is 12.1. The van der Waals surface area contributed by atoms with Crippen LogP contribution in [0.5, 0.6) is 0 Å². The van der Waals surface area contributed by atoms with Gasteiger partial charge in [-0.1, -0.05) is 18.6 Å². The van der Waals surface area contributed by atoms with Crippen LogP contribution in [0.3, 0.4) is 0 Å². The number of anilines is 2. The summed E-state index contributed by atoms with van der Waals surface area (Å²) in [5, 5.41) is 10.9. The van der Waals surface area contributed by atoms with E-state index < -0.39 is 6.17 Å². The third kappa shape index (κ3) is 6.42. The highest BCUT2D eigenvalue weighted by Crippen LogP contribution is 2.33. The number of piperidine rings is 1. The predicted molar refractivity (Wildman–Crippen MR) is 159 cm³/mol. The van der Waals surface area contributed by atoms with Crippen molar-refractivity contribution in [2.45, 2.75) is 76.4 Å². The Labute approximate surface area is 246 Å². The van der Waals surface area contributed by atoms with E-state index >= 15 is 0 Å². The van der Waals surface area contributed by atoms with Crippen LogP contribution >= 0.6 is 0 Å². The number of carbonyl (C=O) groups is 1. The van der Waals surface area contributed by atoms with Crippen LogP contribution in [-0.4, -0.2) is 87.2 Å². The molecule has 0 spiro atoms. The van der Waals surface area contributed by atoms with E-state index in [-0.39, 0.29) is 30.3 Å². The van der Waals surface area contributed by atoms with Crippen molar-refractivity contribution in [3.63, 3.8) is 0 Å². The minimum absolute atomic E-state index is 0.0123.